The van der Waals surface area contributed by atoms with Crippen molar-refractivity contribution in [1.29, 1.82) is 0 Å². The quantitative estimate of drug-likeness (QED) is 0.671. The zero-order chi connectivity index (χ0) is 20.5. The van der Waals surface area contributed by atoms with Crippen LogP contribution in [0.2, 0.25) is 0 Å². The molecule has 0 spiro atoms. The Bertz CT molecular complexity index is 846. The van der Waals surface area contributed by atoms with Gasteiger partial charge < -0.3 is 24.8 Å². The zero-order valence-electron chi connectivity index (χ0n) is 16.2. The van der Waals surface area contributed by atoms with Crippen LogP contribution < -0.4 is 24.8 Å². The van der Waals surface area contributed by atoms with Crippen molar-refractivity contribution in [2.45, 2.75) is 6.42 Å². The van der Waals surface area contributed by atoms with Crippen molar-refractivity contribution in [1.82, 2.24) is 0 Å². The molecule has 2 aromatic carbocycles. The Morgan fingerprint density at radius 2 is 1.61 bits per heavy atom. The average Bonchev–Trinajstić information content (AvgIpc) is 2.72. The summed E-state index contributed by atoms with van der Waals surface area (Å²) < 4.78 is 15.7. The molecule has 0 aliphatic rings. The van der Waals surface area contributed by atoms with Crippen LogP contribution >= 0.6 is 0 Å². The van der Waals surface area contributed by atoms with E-state index in [0.29, 0.717) is 28.5 Å². The minimum absolute atomic E-state index is 0.0497. The highest BCUT2D eigenvalue weighted by Crippen LogP contribution is 2.26. The Balaban J connectivity index is 2.28. The van der Waals surface area contributed by atoms with Crippen LogP contribution in [0.1, 0.15) is 12.0 Å². The van der Waals surface area contributed by atoms with E-state index in [-0.39, 0.29) is 18.9 Å². The topological polar surface area (TPSA) is 91.1 Å². The van der Waals surface area contributed by atoms with Gasteiger partial charge in [0.25, 0.3) is 5.91 Å². The number of anilines is 1. The van der Waals surface area contributed by atoms with Crippen molar-refractivity contribution < 1.29 is 23.8 Å². The van der Waals surface area contributed by atoms with Gasteiger partial charge in [0.15, 0.2) is 0 Å². The fourth-order valence-electron chi connectivity index (χ4n) is 2.57. The van der Waals surface area contributed by atoms with E-state index in [4.69, 9.17) is 19.9 Å². The third kappa shape index (κ3) is 5.51. The number of nitrogens with zero attached hydrogens (tertiary/aromatic N) is 1. The minimum atomic E-state index is -0.482. The molecule has 2 amide bonds. The van der Waals surface area contributed by atoms with Crippen LogP contribution in [-0.2, 0) is 9.59 Å². The number of methoxy groups -OCH3 is 3. The fourth-order valence-corrected chi connectivity index (χ4v) is 2.57. The lowest BCUT2D eigenvalue weighted by Crippen LogP contribution is -2.32. The van der Waals surface area contributed by atoms with Gasteiger partial charge in [0.2, 0.25) is 5.91 Å². The summed E-state index contributed by atoms with van der Waals surface area (Å²) in [5.74, 6) is 1.15. The third-order valence-corrected chi connectivity index (χ3v) is 4.07. The van der Waals surface area contributed by atoms with Gasteiger partial charge in [0.1, 0.15) is 17.2 Å². The first-order valence-corrected chi connectivity index (χ1v) is 8.62. The van der Waals surface area contributed by atoms with Gasteiger partial charge in [-0.05, 0) is 48.5 Å². The lowest BCUT2D eigenvalue weighted by atomic mass is 10.1. The maximum absolute atomic E-state index is 12.8. The molecular formula is C21H24N2O5. The maximum atomic E-state index is 12.8. The summed E-state index contributed by atoms with van der Waals surface area (Å²) in [6.45, 7) is 0.167. The maximum Gasteiger partial charge on any atom is 0.251 e. The Kier molecular flexibility index (Phi) is 7.45. The molecule has 0 saturated heterocycles. The van der Waals surface area contributed by atoms with Crippen LogP contribution in [0.15, 0.2) is 48.5 Å². The second-order valence-corrected chi connectivity index (χ2v) is 5.85. The number of amides is 2. The first kappa shape index (κ1) is 20.8. The predicted octanol–water partition coefficient (Wildman–Crippen LogP) is 2.63. The second kappa shape index (κ2) is 10.0. The normalized spacial score (nSPS) is 10.5. The molecule has 0 fully saturated rings. The summed E-state index contributed by atoms with van der Waals surface area (Å²) in [5, 5.41) is 0. The Hall–Kier alpha value is -3.48. The van der Waals surface area contributed by atoms with E-state index in [1.807, 2.05) is 0 Å². The van der Waals surface area contributed by atoms with E-state index >= 15 is 0 Å². The van der Waals surface area contributed by atoms with Crippen LogP contribution in [0.5, 0.6) is 17.2 Å². The van der Waals surface area contributed by atoms with E-state index in [9.17, 15) is 9.59 Å². The van der Waals surface area contributed by atoms with Gasteiger partial charge in [-0.3, -0.25) is 9.59 Å². The summed E-state index contributed by atoms with van der Waals surface area (Å²) in [5.41, 5.74) is 6.58. The SMILES string of the molecule is COc1ccc(N(CCC(N)=O)C(=O)C=Cc2cc(OC)ccc2OC)cc1. The summed E-state index contributed by atoms with van der Waals surface area (Å²) >= 11 is 0. The van der Waals surface area contributed by atoms with Crippen molar-refractivity contribution in [3.05, 3.63) is 54.1 Å². The number of hydrogen-bond acceptors (Lipinski definition) is 5. The fraction of sp³-hybridized carbons (Fsp3) is 0.238. The lowest BCUT2D eigenvalue weighted by molar-refractivity contribution is -0.118. The molecule has 0 aliphatic heterocycles. The van der Waals surface area contributed by atoms with Crippen molar-refractivity contribution in [2.24, 2.45) is 5.73 Å². The van der Waals surface area contributed by atoms with Gasteiger partial charge >= 0.3 is 0 Å². The highest BCUT2D eigenvalue weighted by atomic mass is 16.5. The van der Waals surface area contributed by atoms with Gasteiger partial charge in [-0.2, -0.15) is 0 Å². The molecule has 0 unspecified atom stereocenters. The molecule has 0 saturated carbocycles. The molecule has 0 atom stereocenters. The largest absolute Gasteiger partial charge is 0.497 e. The van der Waals surface area contributed by atoms with Gasteiger partial charge in [0.05, 0.1) is 21.3 Å². The molecule has 2 N–H and O–H groups in total. The summed E-state index contributed by atoms with van der Waals surface area (Å²) in [7, 11) is 4.68. The van der Waals surface area contributed by atoms with Crippen molar-refractivity contribution >= 4 is 23.6 Å². The highest BCUT2D eigenvalue weighted by Gasteiger charge is 2.15. The first-order valence-electron chi connectivity index (χ1n) is 8.62. The van der Waals surface area contributed by atoms with Gasteiger partial charge in [-0.1, -0.05) is 0 Å². The molecule has 0 radical (unpaired) electrons. The van der Waals surface area contributed by atoms with Crippen molar-refractivity contribution in [2.75, 3.05) is 32.8 Å². The number of rotatable bonds is 9. The summed E-state index contributed by atoms with van der Waals surface area (Å²) in [6, 6.07) is 12.3. The van der Waals surface area contributed by atoms with Gasteiger partial charge in [-0.15, -0.1) is 0 Å². The minimum Gasteiger partial charge on any atom is -0.497 e. The number of carbonyl (C=O) groups is 2. The van der Waals surface area contributed by atoms with E-state index in [2.05, 4.69) is 0 Å². The van der Waals surface area contributed by atoms with E-state index in [1.165, 1.54) is 11.0 Å². The number of benzene rings is 2. The van der Waals surface area contributed by atoms with Crippen LogP contribution in [0.4, 0.5) is 5.69 Å². The molecule has 0 heterocycles. The molecule has 7 nitrogen and oxygen atoms in total. The Labute approximate surface area is 164 Å². The molecule has 148 valence electrons. The molecule has 2 aromatic rings. The first-order chi connectivity index (χ1) is 13.5. The van der Waals surface area contributed by atoms with Crippen molar-refractivity contribution in [3.8, 4) is 17.2 Å². The second-order valence-electron chi connectivity index (χ2n) is 5.85. The highest BCUT2D eigenvalue weighted by molar-refractivity contribution is 6.04. The average molecular weight is 384 g/mol. The molecule has 0 bridgehead atoms. The number of hydrogen-bond donors (Lipinski definition) is 1. The van der Waals surface area contributed by atoms with E-state index in [0.717, 1.165) is 0 Å². The number of nitrogens with two attached hydrogens (primary N) is 1. The Morgan fingerprint density at radius 1 is 0.964 bits per heavy atom. The predicted molar refractivity (Wildman–Crippen MR) is 108 cm³/mol. The van der Waals surface area contributed by atoms with Crippen LogP contribution in [-0.4, -0.2) is 39.7 Å². The molecule has 2 rings (SSSR count). The number of carbonyl (C=O) groups excluding carboxylic acids is 2. The summed E-state index contributed by atoms with van der Waals surface area (Å²) in [6.07, 6.45) is 3.11. The van der Waals surface area contributed by atoms with Gasteiger partial charge in [-0.25, -0.2) is 0 Å². The molecular weight excluding hydrogens is 360 g/mol. The monoisotopic (exact) mass is 384 g/mol. The number of ether oxygens (including phenoxy) is 3. The lowest BCUT2D eigenvalue weighted by Gasteiger charge is -2.21. The molecule has 0 aliphatic carbocycles. The molecule has 28 heavy (non-hydrogen) atoms. The van der Waals surface area contributed by atoms with Crippen LogP contribution in [0.25, 0.3) is 6.08 Å². The third-order valence-electron chi connectivity index (χ3n) is 4.07. The zero-order valence-corrected chi connectivity index (χ0v) is 16.2. The van der Waals surface area contributed by atoms with Crippen LogP contribution in [0, 0.1) is 0 Å². The molecule has 0 aromatic heterocycles. The molecule has 7 heteroatoms. The van der Waals surface area contributed by atoms with E-state index in [1.54, 1.807) is 69.9 Å². The van der Waals surface area contributed by atoms with Crippen LogP contribution in [0.3, 0.4) is 0 Å². The van der Waals surface area contributed by atoms with E-state index < -0.39 is 5.91 Å². The van der Waals surface area contributed by atoms with Gasteiger partial charge in [0, 0.05) is 30.3 Å². The summed E-state index contributed by atoms with van der Waals surface area (Å²) in [4.78, 5) is 25.5. The smallest absolute Gasteiger partial charge is 0.251 e. The Morgan fingerprint density at radius 3 is 2.18 bits per heavy atom. The standard InChI is InChI=1S/C21H24N2O5/c1-26-17-7-5-16(6-8-17)23(13-12-20(22)24)21(25)11-4-15-14-18(27-2)9-10-19(15)28-3/h4-11,14H,12-13H2,1-3H3,(H2,22,24). The number of primary amides is 1. The van der Waals surface area contributed by atoms with Crippen molar-refractivity contribution in [3.63, 3.8) is 0 Å².